The molecular formula is C28H28Si. The lowest BCUT2D eigenvalue weighted by atomic mass is 10.2. The van der Waals surface area contributed by atoms with Gasteiger partial charge >= 0.3 is 0 Å². The number of benzene rings is 4. The van der Waals surface area contributed by atoms with Gasteiger partial charge in [0, 0.05) is 0 Å². The van der Waals surface area contributed by atoms with Crippen LogP contribution in [0.1, 0.15) is 22.3 Å². The van der Waals surface area contributed by atoms with Crippen molar-refractivity contribution in [2.24, 2.45) is 0 Å². The lowest BCUT2D eigenvalue weighted by molar-refractivity contribution is 1.24. The van der Waals surface area contributed by atoms with Crippen molar-refractivity contribution in [1.29, 1.82) is 0 Å². The van der Waals surface area contributed by atoms with Crippen LogP contribution in [0.2, 0.25) is 0 Å². The van der Waals surface area contributed by atoms with Gasteiger partial charge in [0.25, 0.3) is 0 Å². The van der Waals surface area contributed by atoms with Crippen molar-refractivity contribution in [1.82, 2.24) is 0 Å². The average Bonchev–Trinajstić information content (AvgIpc) is 2.76. The molecule has 0 radical (unpaired) electrons. The van der Waals surface area contributed by atoms with Crippen molar-refractivity contribution in [3.63, 3.8) is 0 Å². The van der Waals surface area contributed by atoms with E-state index in [1.165, 1.54) is 32.6 Å². The van der Waals surface area contributed by atoms with Gasteiger partial charge in [0.1, 0.15) is 8.07 Å². The van der Waals surface area contributed by atoms with Gasteiger partial charge < -0.3 is 0 Å². The Labute approximate surface area is 175 Å². The summed E-state index contributed by atoms with van der Waals surface area (Å²) >= 11 is 0. The minimum absolute atomic E-state index is 1.11. The third-order valence-electron chi connectivity index (χ3n) is 5.91. The van der Waals surface area contributed by atoms with E-state index in [-0.39, 0.29) is 0 Å². The van der Waals surface area contributed by atoms with Gasteiger partial charge in [-0.3, -0.25) is 0 Å². The second kappa shape index (κ2) is 8.63. The van der Waals surface area contributed by atoms with Crippen LogP contribution in [0.4, 0.5) is 0 Å². The molecular weight excluding hydrogens is 364 g/mol. The van der Waals surface area contributed by atoms with Gasteiger partial charge in [-0.25, -0.2) is 0 Å². The molecule has 0 spiro atoms. The molecule has 0 atom stereocenters. The molecule has 144 valence electrons. The van der Waals surface area contributed by atoms with Gasteiger partial charge in [0.05, 0.1) is 0 Å². The van der Waals surface area contributed by atoms with Gasteiger partial charge in [0.2, 0.25) is 0 Å². The molecule has 0 aliphatic heterocycles. The highest BCUT2D eigenvalue weighted by Crippen LogP contribution is 2.20. The van der Waals surface area contributed by atoms with Crippen molar-refractivity contribution in [3.05, 3.63) is 131 Å². The third-order valence-corrected chi connectivity index (χ3v) is 10.8. The summed E-state index contributed by atoms with van der Waals surface area (Å²) in [6, 6.07) is 42.9. The van der Waals surface area contributed by atoms with Gasteiger partial charge in [0.15, 0.2) is 0 Å². The first-order chi connectivity index (χ1) is 14.2. The fourth-order valence-electron chi connectivity index (χ4n) is 4.27. The molecule has 0 aliphatic carbocycles. The zero-order valence-electron chi connectivity index (χ0n) is 17.3. The highest BCUT2D eigenvalue weighted by molar-refractivity contribution is 7.01. The van der Waals surface area contributed by atoms with Crippen LogP contribution in [0, 0.1) is 13.8 Å². The maximum Gasteiger partial charge on any atom is 0.126 e. The molecule has 0 unspecified atom stereocenters. The third kappa shape index (κ3) is 4.41. The monoisotopic (exact) mass is 392 g/mol. The Bertz CT molecular complexity index is 944. The molecule has 0 nitrogen and oxygen atoms in total. The van der Waals surface area contributed by atoms with Crippen molar-refractivity contribution < 1.29 is 0 Å². The van der Waals surface area contributed by atoms with E-state index in [2.05, 4.69) is 123 Å². The maximum absolute atomic E-state index is 2.38. The van der Waals surface area contributed by atoms with Crippen LogP contribution in [0.15, 0.2) is 109 Å². The molecule has 0 saturated carbocycles. The minimum atomic E-state index is -2.08. The van der Waals surface area contributed by atoms with Crippen LogP contribution >= 0.6 is 0 Å². The van der Waals surface area contributed by atoms with E-state index >= 15 is 0 Å². The Hall–Kier alpha value is -2.90. The maximum atomic E-state index is 2.38. The summed E-state index contributed by atoms with van der Waals surface area (Å²) < 4.78 is 0. The Morgan fingerprint density at radius 2 is 0.793 bits per heavy atom. The van der Waals surface area contributed by atoms with E-state index < -0.39 is 8.07 Å². The van der Waals surface area contributed by atoms with E-state index in [0.717, 1.165) is 12.1 Å². The fraction of sp³-hybridized carbons (Fsp3) is 0.143. The highest BCUT2D eigenvalue weighted by Gasteiger charge is 2.37. The standard InChI is InChI=1S/C28H28Si/c1-23-13-17-27(18-14-23)29(21-25-9-5-3-6-10-25,22-26-11-7-4-8-12-26)28-19-15-24(2)16-20-28/h3-20H,21-22H2,1-2H3. The molecule has 4 rings (SSSR count). The topological polar surface area (TPSA) is 0 Å². The zero-order chi connectivity index (χ0) is 20.1. The summed E-state index contributed by atoms with van der Waals surface area (Å²) in [6.45, 7) is 4.35. The van der Waals surface area contributed by atoms with E-state index in [4.69, 9.17) is 0 Å². The van der Waals surface area contributed by atoms with Crippen LogP contribution in [0.3, 0.4) is 0 Å². The Kier molecular flexibility index (Phi) is 5.78. The number of hydrogen-bond acceptors (Lipinski definition) is 0. The predicted octanol–water partition coefficient (Wildman–Crippen LogP) is 5.43. The van der Waals surface area contributed by atoms with Gasteiger partial charge in [-0.2, -0.15) is 0 Å². The number of hydrogen-bond donors (Lipinski definition) is 0. The van der Waals surface area contributed by atoms with Crippen LogP contribution in [0.5, 0.6) is 0 Å². The first kappa shape index (κ1) is 19.4. The molecule has 4 aromatic rings. The SMILES string of the molecule is Cc1ccc([Si](Cc2ccccc2)(Cc2ccccc2)c2ccc(C)cc2)cc1. The van der Waals surface area contributed by atoms with Crippen LogP contribution < -0.4 is 10.4 Å². The molecule has 4 aromatic carbocycles. The van der Waals surface area contributed by atoms with Gasteiger partial charge in [-0.05, 0) is 25.9 Å². The van der Waals surface area contributed by atoms with Crippen molar-refractivity contribution in [2.45, 2.75) is 25.9 Å². The van der Waals surface area contributed by atoms with Gasteiger partial charge in [-0.15, -0.1) is 0 Å². The molecule has 0 saturated heterocycles. The molecule has 0 aliphatic rings. The Balaban J connectivity index is 1.92. The number of aryl methyl sites for hydroxylation is 2. The summed E-state index contributed by atoms with van der Waals surface area (Å²) in [5, 5.41) is 3.03. The summed E-state index contributed by atoms with van der Waals surface area (Å²) in [6.07, 6.45) is 0. The summed E-state index contributed by atoms with van der Waals surface area (Å²) in [5.74, 6) is 0. The van der Waals surface area contributed by atoms with Crippen LogP contribution in [-0.4, -0.2) is 8.07 Å². The minimum Gasteiger partial charge on any atom is -0.0623 e. The normalized spacial score (nSPS) is 11.4. The van der Waals surface area contributed by atoms with Crippen LogP contribution in [0.25, 0.3) is 0 Å². The smallest absolute Gasteiger partial charge is 0.0623 e. The molecule has 0 fully saturated rings. The molecule has 0 heterocycles. The van der Waals surface area contributed by atoms with Crippen molar-refractivity contribution in [3.8, 4) is 0 Å². The summed E-state index contributed by atoms with van der Waals surface area (Å²) in [4.78, 5) is 0. The van der Waals surface area contributed by atoms with E-state index in [0.29, 0.717) is 0 Å². The second-order valence-electron chi connectivity index (χ2n) is 8.14. The first-order valence-electron chi connectivity index (χ1n) is 10.4. The Morgan fingerprint density at radius 1 is 0.448 bits per heavy atom. The van der Waals surface area contributed by atoms with E-state index in [1.54, 1.807) is 0 Å². The molecule has 1 heteroatoms. The van der Waals surface area contributed by atoms with E-state index in [1.807, 2.05) is 0 Å². The lowest BCUT2D eigenvalue weighted by Gasteiger charge is -2.34. The predicted molar refractivity (Wildman–Crippen MR) is 128 cm³/mol. The largest absolute Gasteiger partial charge is 0.126 e. The second-order valence-corrected chi connectivity index (χ2v) is 12.2. The van der Waals surface area contributed by atoms with Crippen molar-refractivity contribution in [2.75, 3.05) is 0 Å². The lowest BCUT2D eigenvalue weighted by Crippen LogP contribution is -2.62. The zero-order valence-corrected chi connectivity index (χ0v) is 18.3. The molecule has 0 amide bonds. The average molecular weight is 393 g/mol. The molecule has 0 aromatic heterocycles. The first-order valence-corrected chi connectivity index (χ1v) is 12.8. The summed E-state index contributed by atoms with van der Waals surface area (Å²) in [7, 11) is -2.08. The summed E-state index contributed by atoms with van der Waals surface area (Å²) in [5.41, 5.74) is 5.49. The Morgan fingerprint density at radius 3 is 1.14 bits per heavy atom. The molecule has 0 N–H and O–H groups in total. The van der Waals surface area contributed by atoms with Crippen molar-refractivity contribution >= 4 is 18.4 Å². The quantitative estimate of drug-likeness (QED) is 0.384. The molecule has 29 heavy (non-hydrogen) atoms. The fourth-order valence-corrected chi connectivity index (χ4v) is 9.02. The van der Waals surface area contributed by atoms with E-state index in [9.17, 15) is 0 Å². The van der Waals surface area contributed by atoms with Crippen LogP contribution in [-0.2, 0) is 12.1 Å². The number of rotatable bonds is 6. The molecule has 0 bridgehead atoms. The van der Waals surface area contributed by atoms with Gasteiger partial charge in [-0.1, -0.05) is 142 Å². The highest BCUT2D eigenvalue weighted by atomic mass is 28.3.